The van der Waals surface area contributed by atoms with Crippen molar-refractivity contribution in [1.29, 1.82) is 0 Å². The van der Waals surface area contributed by atoms with E-state index in [2.05, 4.69) is 21.2 Å². The van der Waals surface area contributed by atoms with E-state index in [1.165, 1.54) is 44.2 Å². The predicted octanol–water partition coefficient (Wildman–Crippen LogP) is 4.47. The van der Waals surface area contributed by atoms with E-state index >= 15 is 0 Å². The standard InChI is InChI=1S/C22H27BrFNO3/c23-22-8-14-3-15(9-22)7-21(6-14,12-22)10-19(26)25-2-1-16-4-18(24)5-17-11-27-13-28-20(16)17/h4-5,14-15H,1-3,6-13H2,(H,25,26). The number of benzene rings is 1. The normalized spacial score (nSPS) is 35.4. The van der Waals surface area contributed by atoms with Crippen LogP contribution in [0.4, 0.5) is 4.39 Å². The van der Waals surface area contributed by atoms with Crippen molar-refractivity contribution >= 4 is 21.8 Å². The van der Waals surface area contributed by atoms with Crippen LogP contribution in [-0.4, -0.2) is 23.6 Å². The van der Waals surface area contributed by atoms with Gasteiger partial charge in [0.15, 0.2) is 6.79 Å². The molecule has 5 aliphatic rings. The molecule has 2 unspecified atom stereocenters. The summed E-state index contributed by atoms with van der Waals surface area (Å²) in [6.45, 7) is 1.06. The number of ether oxygens (including phenoxy) is 2. The number of nitrogens with one attached hydrogen (secondary N) is 1. The quantitative estimate of drug-likeness (QED) is 0.671. The number of fused-ring (bicyclic) bond motifs is 1. The smallest absolute Gasteiger partial charge is 0.220 e. The zero-order chi connectivity index (χ0) is 19.4. The Hall–Kier alpha value is -1.14. The van der Waals surface area contributed by atoms with Crippen LogP contribution in [0.2, 0.25) is 0 Å². The second kappa shape index (κ2) is 6.98. The molecular formula is C22H27BrFNO3. The highest BCUT2D eigenvalue weighted by Gasteiger charge is 2.57. The van der Waals surface area contributed by atoms with Crippen molar-refractivity contribution in [2.45, 2.75) is 62.3 Å². The first-order chi connectivity index (χ1) is 13.4. The van der Waals surface area contributed by atoms with E-state index in [1.54, 1.807) is 0 Å². The van der Waals surface area contributed by atoms with E-state index in [1.807, 2.05) is 0 Å². The largest absolute Gasteiger partial charge is 0.467 e. The minimum Gasteiger partial charge on any atom is -0.467 e. The molecule has 6 heteroatoms. The Morgan fingerprint density at radius 1 is 1.25 bits per heavy atom. The van der Waals surface area contributed by atoms with Gasteiger partial charge in [-0.25, -0.2) is 4.39 Å². The van der Waals surface area contributed by atoms with Crippen LogP contribution in [0.5, 0.6) is 5.75 Å². The maximum absolute atomic E-state index is 13.9. The minimum atomic E-state index is -0.287. The Morgan fingerprint density at radius 3 is 2.79 bits per heavy atom. The molecule has 1 heterocycles. The molecule has 4 fully saturated rings. The Bertz CT molecular complexity index is 784. The number of rotatable bonds is 5. The second-order valence-corrected chi connectivity index (χ2v) is 11.2. The lowest BCUT2D eigenvalue weighted by molar-refractivity contribution is -0.128. The van der Waals surface area contributed by atoms with Gasteiger partial charge < -0.3 is 14.8 Å². The van der Waals surface area contributed by atoms with Crippen molar-refractivity contribution in [2.75, 3.05) is 13.3 Å². The molecule has 1 aliphatic heterocycles. The van der Waals surface area contributed by atoms with Crippen molar-refractivity contribution in [3.8, 4) is 5.75 Å². The molecule has 6 rings (SSSR count). The van der Waals surface area contributed by atoms with Crippen LogP contribution in [0.25, 0.3) is 0 Å². The Morgan fingerprint density at radius 2 is 2.04 bits per heavy atom. The highest BCUT2D eigenvalue weighted by molar-refractivity contribution is 9.10. The fourth-order valence-electron chi connectivity index (χ4n) is 6.72. The summed E-state index contributed by atoms with van der Waals surface area (Å²) in [7, 11) is 0. The number of alkyl halides is 1. The number of halogens is 2. The molecule has 4 nitrogen and oxygen atoms in total. The first-order valence-corrected chi connectivity index (χ1v) is 11.2. The Labute approximate surface area is 173 Å². The summed E-state index contributed by atoms with van der Waals surface area (Å²) in [6, 6.07) is 2.96. The SMILES string of the molecule is O=C(CC12CC3CC(CC(Br)(C3)C1)C2)NCCc1cc(F)cc2c1OCOC2. The summed E-state index contributed by atoms with van der Waals surface area (Å²) in [5.41, 5.74) is 1.72. The Balaban J connectivity index is 1.20. The molecule has 1 aromatic rings. The van der Waals surface area contributed by atoms with E-state index in [0.717, 1.165) is 29.4 Å². The molecule has 4 saturated carbocycles. The topological polar surface area (TPSA) is 47.6 Å². The van der Waals surface area contributed by atoms with E-state index < -0.39 is 0 Å². The van der Waals surface area contributed by atoms with Crippen molar-refractivity contribution < 1.29 is 18.7 Å². The summed E-state index contributed by atoms with van der Waals surface area (Å²) >= 11 is 4.02. The molecule has 0 radical (unpaired) electrons. The monoisotopic (exact) mass is 451 g/mol. The molecule has 152 valence electrons. The van der Waals surface area contributed by atoms with E-state index in [-0.39, 0.29) is 28.3 Å². The highest BCUT2D eigenvalue weighted by Crippen LogP contribution is 2.65. The summed E-state index contributed by atoms with van der Waals surface area (Å²) in [4.78, 5) is 12.7. The zero-order valence-corrected chi connectivity index (χ0v) is 17.7. The molecule has 4 bridgehead atoms. The van der Waals surface area contributed by atoms with Gasteiger partial charge in [-0.05, 0) is 79.9 Å². The average molecular weight is 452 g/mol. The number of hydrogen-bond acceptors (Lipinski definition) is 3. The summed E-state index contributed by atoms with van der Waals surface area (Å²) in [6.07, 6.45) is 8.63. The molecule has 2 atom stereocenters. The van der Waals surface area contributed by atoms with Crippen LogP contribution < -0.4 is 10.1 Å². The lowest BCUT2D eigenvalue weighted by Crippen LogP contribution is -2.54. The molecule has 0 aromatic heterocycles. The third kappa shape index (κ3) is 3.58. The molecule has 28 heavy (non-hydrogen) atoms. The lowest BCUT2D eigenvalue weighted by Gasteiger charge is -2.60. The van der Waals surface area contributed by atoms with Gasteiger partial charge in [-0.3, -0.25) is 4.79 Å². The van der Waals surface area contributed by atoms with Crippen molar-refractivity contribution in [3.63, 3.8) is 0 Å². The maximum Gasteiger partial charge on any atom is 0.220 e. The number of carbonyl (C=O) groups is 1. The molecule has 0 spiro atoms. The number of hydrogen-bond donors (Lipinski definition) is 1. The lowest BCUT2D eigenvalue weighted by atomic mass is 9.48. The van der Waals surface area contributed by atoms with E-state index in [9.17, 15) is 9.18 Å². The van der Waals surface area contributed by atoms with Gasteiger partial charge in [0, 0.05) is 22.9 Å². The molecule has 1 amide bonds. The predicted molar refractivity (Wildman–Crippen MR) is 107 cm³/mol. The molecular weight excluding hydrogens is 425 g/mol. The highest BCUT2D eigenvalue weighted by atomic mass is 79.9. The van der Waals surface area contributed by atoms with Crippen LogP contribution >= 0.6 is 15.9 Å². The van der Waals surface area contributed by atoms with Crippen LogP contribution in [0.1, 0.15) is 56.1 Å². The maximum atomic E-state index is 13.9. The van der Waals surface area contributed by atoms with Crippen LogP contribution in [-0.2, 0) is 22.6 Å². The van der Waals surface area contributed by atoms with E-state index in [0.29, 0.717) is 31.7 Å². The number of carbonyl (C=O) groups excluding carboxylic acids is 1. The molecule has 1 N–H and O–H groups in total. The van der Waals surface area contributed by atoms with Gasteiger partial charge in [0.1, 0.15) is 11.6 Å². The van der Waals surface area contributed by atoms with Gasteiger partial charge in [-0.1, -0.05) is 15.9 Å². The van der Waals surface area contributed by atoms with Gasteiger partial charge >= 0.3 is 0 Å². The third-order valence-corrected chi connectivity index (χ3v) is 8.04. The zero-order valence-electron chi connectivity index (χ0n) is 16.1. The van der Waals surface area contributed by atoms with Crippen LogP contribution in [0, 0.1) is 23.1 Å². The Kier molecular flexibility index (Phi) is 4.70. The summed E-state index contributed by atoms with van der Waals surface area (Å²) < 4.78 is 24.9. The fraction of sp³-hybridized carbons (Fsp3) is 0.682. The molecule has 4 aliphatic carbocycles. The van der Waals surface area contributed by atoms with Crippen molar-refractivity contribution in [3.05, 3.63) is 29.1 Å². The first-order valence-electron chi connectivity index (χ1n) is 10.4. The minimum absolute atomic E-state index is 0.132. The summed E-state index contributed by atoms with van der Waals surface area (Å²) in [5, 5.41) is 3.08. The molecule has 0 saturated heterocycles. The van der Waals surface area contributed by atoms with Crippen molar-refractivity contribution in [2.24, 2.45) is 17.3 Å². The van der Waals surface area contributed by atoms with Crippen LogP contribution in [0.15, 0.2) is 12.1 Å². The van der Waals surface area contributed by atoms with Gasteiger partial charge in [0.25, 0.3) is 0 Å². The van der Waals surface area contributed by atoms with Gasteiger partial charge in [0.2, 0.25) is 5.91 Å². The number of amides is 1. The molecule has 1 aromatic carbocycles. The second-order valence-electron chi connectivity index (χ2n) is 9.55. The third-order valence-electron chi connectivity index (χ3n) is 7.11. The van der Waals surface area contributed by atoms with Crippen LogP contribution in [0.3, 0.4) is 0 Å². The average Bonchev–Trinajstić information content (AvgIpc) is 2.58. The fourth-order valence-corrected chi connectivity index (χ4v) is 8.24. The van der Waals surface area contributed by atoms with Gasteiger partial charge in [-0.2, -0.15) is 0 Å². The van der Waals surface area contributed by atoms with Gasteiger partial charge in [0.05, 0.1) is 6.61 Å². The summed E-state index contributed by atoms with van der Waals surface area (Å²) in [5.74, 6) is 2.13. The van der Waals surface area contributed by atoms with E-state index in [4.69, 9.17) is 9.47 Å². The van der Waals surface area contributed by atoms with Gasteiger partial charge in [-0.15, -0.1) is 0 Å². The van der Waals surface area contributed by atoms with Crippen molar-refractivity contribution in [1.82, 2.24) is 5.32 Å². The first kappa shape index (κ1) is 18.9.